The monoisotopic (exact) mass is 639 g/mol. The van der Waals surface area contributed by atoms with Crippen LogP contribution in [0.4, 0.5) is 0 Å². The number of methoxy groups -OCH3 is 2. The summed E-state index contributed by atoms with van der Waals surface area (Å²) in [5.41, 5.74) is 8.74. The highest BCUT2D eigenvalue weighted by Gasteiger charge is 2.10. The van der Waals surface area contributed by atoms with Crippen LogP contribution in [0.2, 0.25) is 0 Å². The van der Waals surface area contributed by atoms with Gasteiger partial charge < -0.3 is 35.6 Å². The van der Waals surface area contributed by atoms with Crippen LogP contribution in [0.1, 0.15) is 53.7 Å². The standard InChI is InChI=1S/C18H20N2O3S.C14H24N2O.C2H6.CH3N/c1-19-10-4-5-14-7-9-17(24-14)18(21)20-12-13-6-8-15(22-2)16(11-13)23-3;1-3-5-14(12-13(2)15)6-8-16-7-4-10-17-11-9-16;2*1-2/h4-11H,12H2,1-3H3,(H,20,21);3,5,12H,1,4,6-11,15H2,2H3;1-2H3;2H,1H2/b5-4+,19-10?;13-12+,14-5-;;. The topological polar surface area (TPSA) is 122 Å². The molecule has 0 atom stereocenters. The molecule has 1 saturated heterocycles. The van der Waals surface area contributed by atoms with E-state index in [2.05, 4.69) is 28.5 Å². The van der Waals surface area contributed by atoms with E-state index in [0.29, 0.717) is 22.9 Å². The van der Waals surface area contributed by atoms with E-state index < -0.39 is 0 Å². The van der Waals surface area contributed by atoms with Crippen LogP contribution < -0.4 is 20.5 Å². The molecule has 248 valence electrons. The molecule has 0 saturated carbocycles. The van der Waals surface area contributed by atoms with E-state index in [1.165, 1.54) is 16.9 Å². The Balaban J connectivity index is 0.000000811. The van der Waals surface area contributed by atoms with Crippen molar-refractivity contribution in [1.29, 1.82) is 5.41 Å². The van der Waals surface area contributed by atoms with Crippen molar-refractivity contribution in [2.75, 3.05) is 54.1 Å². The molecule has 2 aromatic rings. The third-order valence-electron chi connectivity index (χ3n) is 6.02. The van der Waals surface area contributed by atoms with E-state index in [0.717, 1.165) is 61.8 Å². The van der Waals surface area contributed by atoms with Gasteiger partial charge in [0.25, 0.3) is 5.91 Å². The van der Waals surface area contributed by atoms with Crippen molar-refractivity contribution >= 4 is 36.3 Å². The summed E-state index contributed by atoms with van der Waals surface area (Å²) in [5.74, 6) is 1.21. The normalized spacial score (nSPS) is 13.7. The quantitative estimate of drug-likeness (QED) is 0.174. The number of benzene rings is 1. The van der Waals surface area contributed by atoms with Gasteiger partial charge in [-0.2, -0.15) is 0 Å². The molecule has 9 nitrogen and oxygen atoms in total. The third-order valence-corrected chi connectivity index (χ3v) is 7.07. The van der Waals surface area contributed by atoms with E-state index in [1.54, 1.807) is 27.5 Å². The third kappa shape index (κ3) is 17.8. The number of carbonyl (C=O) groups is 1. The van der Waals surface area contributed by atoms with E-state index in [4.69, 9.17) is 25.4 Å². The highest BCUT2D eigenvalue weighted by molar-refractivity contribution is 7.14. The average molecular weight is 640 g/mol. The number of hydrogen-bond acceptors (Lipinski definition) is 9. The average Bonchev–Trinajstić information content (AvgIpc) is 3.39. The number of nitrogens with two attached hydrogens (primary N) is 1. The van der Waals surface area contributed by atoms with Crippen LogP contribution in [0.25, 0.3) is 6.08 Å². The molecule has 0 spiro atoms. The van der Waals surface area contributed by atoms with Gasteiger partial charge in [-0.05, 0) is 80.1 Å². The van der Waals surface area contributed by atoms with Crippen molar-refractivity contribution in [1.82, 2.24) is 10.2 Å². The number of ether oxygens (including phenoxy) is 3. The minimum Gasteiger partial charge on any atom is -0.493 e. The van der Waals surface area contributed by atoms with Gasteiger partial charge in [0, 0.05) is 56.6 Å². The first-order valence-corrected chi connectivity index (χ1v) is 15.8. The van der Waals surface area contributed by atoms with Crippen molar-refractivity contribution < 1.29 is 19.0 Å². The van der Waals surface area contributed by atoms with E-state index in [-0.39, 0.29) is 5.91 Å². The maximum absolute atomic E-state index is 12.2. The number of hydrogen-bond donors (Lipinski definition) is 3. The molecule has 1 aliphatic rings. The molecule has 4 N–H and O–H groups in total. The zero-order chi connectivity index (χ0) is 33.9. The van der Waals surface area contributed by atoms with Crippen LogP contribution in [0.3, 0.4) is 0 Å². The molecule has 2 heterocycles. The predicted octanol–water partition coefficient (Wildman–Crippen LogP) is 6.77. The van der Waals surface area contributed by atoms with Gasteiger partial charge in [0.1, 0.15) is 0 Å². The minimum absolute atomic E-state index is 0.0985. The molecule has 0 unspecified atom stereocenters. The van der Waals surface area contributed by atoms with Crippen molar-refractivity contribution in [3.05, 3.63) is 87.8 Å². The molecule has 1 amide bonds. The van der Waals surface area contributed by atoms with Crippen molar-refractivity contribution in [2.24, 2.45) is 10.7 Å². The molecular weight excluding hydrogens is 586 g/mol. The van der Waals surface area contributed by atoms with Crippen molar-refractivity contribution in [3.63, 3.8) is 0 Å². The molecule has 0 bridgehead atoms. The first-order chi connectivity index (χ1) is 21.9. The Morgan fingerprint density at radius 3 is 2.53 bits per heavy atom. The van der Waals surface area contributed by atoms with Gasteiger partial charge in [0.05, 0.1) is 25.7 Å². The number of allylic oxidation sites excluding steroid dienone is 5. The zero-order valence-corrected chi connectivity index (χ0v) is 28.8. The summed E-state index contributed by atoms with van der Waals surface area (Å²) < 4.78 is 15.9. The Labute approximate surface area is 274 Å². The zero-order valence-electron chi connectivity index (χ0n) is 27.9. The van der Waals surface area contributed by atoms with Gasteiger partial charge in [-0.15, -0.1) is 11.3 Å². The SMILES string of the molecule is C=C/C=C(\C=C(/C)N)CCN1CCCOCC1.C=N.CC.CN=C/C=C/c1ccc(C(=O)NCc2ccc(OC)c(OC)c2)s1. The van der Waals surface area contributed by atoms with Crippen molar-refractivity contribution in [3.8, 4) is 11.5 Å². The Bertz CT molecular complexity index is 1220. The number of nitrogens with one attached hydrogen (secondary N) is 2. The fraction of sp³-hybridized carbons (Fsp3) is 0.400. The highest BCUT2D eigenvalue weighted by Crippen LogP contribution is 2.27. The Morgan fingerprint density at radius 2 is 1.89 bits per heavy atom. The van der Waals surface area contributed by atoms with Gasteiger partial charge in [-0.1, -0.05) is 38.6 Å². The smallest absolute Gasteiger partial charge is 0.261 e. The molecule has 0 aliphatic carbocycles. The van der Waals surface area contributed by atoms with Crippen LogP contribution in [0.15, 0.2) is 77.5 Å². The van der Waals surface area contributed by atoms with E-state index >= 15 is 0 Å². The number of rotatable bonds is 12. The van der Waals surface area contributed by atoms with E-state index in [9.17, 15) is 4.79 Å². The second-order valence-electron chi connectivity index (χ2n) is 9.26. The lowest BCUT2D eigenvalue weighted by atomic mass is 10.1. The Kier molecular flexibility index (Phi) is 24.1. The maximum Gasteiger partial charge on any atom is 0.261 e. The molecule has 1 aromatic carbocycles. The van der Waals surface area contributed by atoms with Gasteiger partial charge >= 0.3 is 0 Å². The Hall–Kier alpha value is -3.99. The lowest BCUT2D eigenvalue weighted by molar-refractivity contribution is 0.0955. The maximum atomic E-state index is 12.2. The number of amides is 1. The van der Waals surface area contributed by atoms with Crippen LogP contribution in [0, 0.1) is 5.41 Å². The summed E-state index contributed by atoms with van der Waals surface area (Å²) in [6.45, 7) is 17.6. The fourth-order valence-corrected chi connectivity index (χ4v) is 4.84. The summed E-state index contributed by atoms with van der Waals surface area (Å²) >= 11 is 1.44. The summed E-state index contributed by atoms with van der Waals surface area (Å²) in [6, 6.07) is 9.30. The lowest BCUT2D eigenvalue weighted by Crippen LogP contribution is -2.27. The number of thiophene rings is 1. The molecule has 45 heavy (non-hydrogen) atoms. The number of carbonyl (C=O) groups excluding carboxylic acids is 1. The Morgan fingerprint density at radius 1 is 1.16 bits per heavy atom. The second-order valence-corrected chi connectivity index (χ2v) is 10.4. The first-order valence-electron chi connectivity index (χ1n) is 15.0. The molecule has 0 radical (unpaired) electrons. The molecular formula is C35H53N5O4S. The summed E-state index contributed by atoms with van der Waals surface area (Å²) in [5, 5.41) is 8.41. The van der Waals surface area contributed by atoms with Gasteiger partial charge in [0.15, 0.2) is 11.5 Å². The highest BCUT2D eigenvalue weighted by atomic mass is 32.1. The molecule has 1 aromatic heterocycles. The van der Waals surface area contributed by atoms with Gasteiger partial charge in [-0.3, -0.25) is 9.79 Å². The van der Waals surface area contributed by atoms with Crippen LogP contribution in [0.5, 0.6) is 11.5 Å². The fourth-order valence-electron chi connectivity index (χ4n) is 4.00. The van der Waals surface area contributed by atoms with Crippen LogP contribution in [-0.4, -0.2) is 77.9 Å². The molecule has 10 heteroatoms. The first kappa shape index (κ1) is 41.0. The van der Waals surface area contributed by atoms with Gasteiger partial charge in [0.2, 0.25) is 0 Å². The van der Waals surface area contributed by atoms with E-state index in [1.807, 2.05) is 81.5 Å². The molecule has 1 aliphatic heterocycles. The lowest BCUT2D eigenvalue weighted by Gasteiger charge is -2.19. The summed E-state index contributed by atoms with van der Waals surface area (Å²) in [7, 11) is 4.89. The number of aliphatic imine (C=N–C) groups is 1. The molecule has 1 fully saturated rings. The number of nitrogens with zero attached hydrogens (tertiary/aromatic N) is 2. The molecule has 3 rings (SSSR count). The summed E-state index contributed by atoms with van der Waals surface area (Å²) in [4.78, 5) is 20.2. The second kappa shape index (κ2) is 26.4. The minimum atomic E-state index is -0.0985. The van der Waals surface area contributed by atoms with Gasteiger partial charge in [-0.25, -0.2) is 0 Å². The van der Waals surface area contributed by atoms with Crippen LogP contribution in [-0.2, 0) is 11.3 Å². The largest absolute Gasteiger partial charge is 0.493 e. The van der Waals surface area contributed by atoms with Crippen LogP contribution >= 0.6 is 11.3 Å². The predicted molar refractivity (Wildman–Crippen MR) is 192 cm³/mol. The van der Waals surface area contributed by atoms with Crippen molar-refractivity contribution in [2.45, 2.75) is 40.2 Å². The summed E-state index contributed by atoms with van der Waals surface area (Å²) in [6.07, 6.45) is 13.5.